The summed E-state index contributed by atoms with van der Waals surface area (Å²) in [6.07, 6.45) is 0. The van der Waals surface area contributed by atoms with E-state index in [0.717, 1.165) is 4.90 Å². The zero-order valence-electron chi connectivity index (χ0n) is 17.1. The van der Waals surface area contributed by atoms with Gasteiger partial charge in [0.2, 0.25) is 5.91 Å². The second kappa shape index (κ2) is 11.1. The number of carbonyl (C=O) groups is 2. The van der Waals surface area contributed by atoms with Crippen LogP contribution in [0.1, 0.15) is 22.8 Å². The zero-order chi connectivity index (χ0) is 23.1. The molecule has 0 heterocycles. The summed E-state index contributed by atoms with van der Waals surface area (Å²) in [5.74, 6) is -0.694. The second-order valence-electron chi connectivity index (χ2n) is 6.67. The normalized spacial score (nSPS) is 10.3. The highest BCUT2D eigenvalue weighted by Crippen LogP contribution is 2.33. The van der Waals surface area contributed by atoms with Crippen molar-refractivity contribution in [3.63, 3.8) is 0 Å². The summed E-state index contributed by atoms with van der Waals surface area (Å²) in [6, 6.07) is 21.4. The smallest absolute Gasteiger partial charge is 0.255 e. The largest absolute Gasteiger partial charge is 0.330 e. The minimum Gasteiger partial charge on any atom is -0.330 e. The number of para-hydroxylation sites is 1. The molecular formula is C24H19Cl2N3O2S. The van der Waals surface area contributed by atoms with E-state index in [-0.39, 0.29) is 12.5 Å². The molecule has 162 valence electrons. The van der Waals surface area contributed by atoms with Crippen molar-refractivity contribution in [3.05, 3.63) is 87.9 Å². The van der Waals surface area contributed by atoms with Gasteiger partial charge in [-0.15, -0.1) is 0 Å². The third-order valence-electron chi connectivity index (χ3n) is 4.58. The van der Waals surface area contributed by atoms with Crippen molar-refractivity contribution < 1.29 is 9.59 Å². The molecule has 3 rings (SSSR count). The van der Waals surface area contributed by atoms with Crippen molar-refractivity contribution in [2.75, 3.05) is 18.4 Å². The molecule has 0 saturated carbocycles. The maximum Gasteiger partial charge on any atom is 0.255 e. The maximum atomic E-state index is 13.3. The van der Waals surface area contributed by atoms with Crippen LogP contribution in [-0.4, -0.2) is 29.8 Å². The molecule has 0 aliphatic rings. The third-order valence-corrected chi connectivity index (χ3v) is 6.36. The van der Waals surface area contributed by atoms with Gasteiger partial charge in [-0.1, -0.05) is 65.3 Å². The Balaban J connectivity index is 1.80. The van der Waals surface area contributed by atoms with Gasteiger partial charge in [0.05, 0.1) is 26.9 Å². The van der Waals surface area contributed by atoms with Gasteiger partial charge in [0, 0.05) is 16.3 Å². The molecule has 1 N–H and O–H groups in total. The van der Waals surface area contributed by atoms with E-state index in [0.29, 0.717) is 38.3 Å². The summed E-state index contributed by atoms with van der Waals surface area (Å²) in [6.45, 7) is 1.97. The van der Waals surface area contributed by atoms with Crippen molar-refractivity contribution in [1.82, 2.24) is 4.90 Å². The van der Waals surface area contributed by atoms with Crippen molar-refractivity contribution in [2.45, 2.75) is 16.7 Å². The highest BCUT2D eigenvalue weighted by molar-refractivity contribution is 7.99. The van der Waals surface area contributed by atoms with Gasteiger partial charge in [0.1, 0.15) is 12.6 Å². The standard InChI is InChI=1S/C24H19Cl2N3O2S/c1-2-29(15-22(30)28-23-18(25)10-7-11-19(23)26)24(31)17-9-4-6-13-21(17)32-20-12-5-3-8-16(20)14-27/h3-13H,2,15H2,1H3,(H,28,30). The molecule has 0 atom stereocenters. The number of hydrogen-bond acceptors (Lipinski definition) is 4. The Morgan fingerprint density at radius 3 is 2.25 bits per heavy atom. The van der Waals surface area contributed by atoms with E-state index in [9.17, 15) is 14.9 Å². The van der Waals surface area contributed by atoms with Gasteiger partial charge in [0.25, 0.3) is 5.91 Å². The summed E-state index contributed by atoms with van der Waals surface area (Å²) < 4.78 is 0. The van der Waals surface area contributed by atoms with E-state index < -0.39 is 5.91 Å². The predicted octanol–water partition coefficient (Wildman–Crippen LogP) is 6.12. The fourth-order valence-electron chi connectivity index (χ4n) is 2.97. The first-order valence-electron chi connectivity index (χ1n) is 9.73. The van der Waals surface area contributed by atoms with Crippen LogP contribution in [0.2, 0.25) is 10.0 Å². The minimum absolute atomic E-state index is 0.162. The van der Waals surface area contributed by atoms with Crippen LogP contribution in [0.15, 0.2) is 76.5 Å². The number of carbonyl (C=O) groups excluding carboxylic acids is 2. The van der Waals surface area contributed by atoms with Crippen molar-refractivity contribution >= 4 is 52.5 Å². The lowest BCUT2D eigenvalue weighted by atomic mass is 10.2. The third kappa shape index (κ3) is 5.63. The van der Waals surface area contributed by atoms with Gasteiger partial charge >= 0.3 is 0 Å². The van der Waals surface area contributed by atoms with E-state index in [2.05, 4.69) is 11.4 Å². The molecule has 5 nitrogen and oxygen atoms in total. The fourth-order valence-corrected chi connectivity index (χ4v) is 4.48. The minimum atomic E-state index is -0.407. The maximum absolute atomic E-state index is 13.3. The van der Waals surface area contributed by atoms with Crippen molar-refractivity contribution in [3.8, 4) is 6.07 Å². The Morgan fingerprint density at radius 1 is 0.969 bits per heavy atom. The lowest BCUT2D eigenvalue weighted by Crippen LogP contribution is -2.38. The Hall–Kier alpha value is -2.98. The number of anilines is 1. The lowest BCUT2D eigenvalue weighted by molar-refractivity contribution is -0.116. The monoisotopic (exact) mass is 483 g/mol. The van der Waals surface area contributed by atoms with E-state index in [1.54, 1.807) is 49.4 Å². The highest BCUT2D eigenvalue weighted by atomic mass is 35.5. The Morgan fingerprint density at radius 2 is 1.59 bits per heavy atom. The topological polar surface area (TPSA) is 73.2 Å². The Kier molecular flexibility index (Phi) is 8.18. The first-order chi connectivity index (χ1) is 15.4. The van der Waals surface area contributed by atoms with Gasteiger partial charge in [-0.05, 0) is 43.3 Å². The Labute approximate surface area is 200 Å². The molecule has 0 aliphatic heterocycles. The van der Waals surface area contributed by atoms with Crippen LogP contribution < -0.4 is 5.32 Å². The lowest BCUT2D eigenvalue weighted by Gasteiger charge is -2.22. The van der Waals surface area contributed by atoms with Crippen LogP contribution in [0.25, 0.3) is 0 Å². The van der Waals surface area contributed by atoms with Crippen LogP contribution in [0.3, 0.4) is 0 Å². The SMILES string of the molecule is CCN(CC(=O)Nc1c(Cl)cccc1Cl)C(=O)c1ccccc1Sc1ccccc1C#N. The molecule has 0 fully saturated rings. The van der Waals surface area contributed by atoms with Gasteiger partial charge in [0.15, 0.2) is 0 Å². The summed E-state index contributed by atoms with van der Waals surface area (Å²) in [4.78, 5) is 28.8. The summed E-state index contributed by atoms with van der Waals surface area (Å²) in [5.41, 5.74) is 1.30. The average molecular weight is 484 g/mol. The van der Waals surface area contributed by atoms with E-state index in [1.807, 2.05) is 24.3 Å². The number of hydrogen-bond donors (Lipinski definition) is 1. The molecule has 0 aliphatic carbocycles. The van der Waals surface area contributed by atoms with E-state index in [1.165, 1.54) is 16.7 Å². The van der Waals surface area contributed by atoms with Gasteiger partial charge < -0.3 is 10.2 Å². The number of nitrogens with zero attached hydrogens (tertiary/aromatic N) is 2. The molecule has 0 unspecified atom stereocenters. The zero-order valence-corrected chi connectivity index (χ0v) is 19.5. The molecule has 0 aromatic heterocycles. The summed E-state index contributed by atoms with van der Waals surface area (Å²) in [5, 5.41) is 12.7. The second-order valence-corrected chi connectivity index (χ2v) is 8.57. The van der Waals surface area contributed by atoms with Crippen LogP contribution in [0, 0.1) is 11.3 Å². The number of nitrogens with one attached hydrogen (secondary N) is 1. The number of rotatable bonds is 7. The quantitative estimate of drug-likeness (QED) is 0.439. The van der Waals surface area contributed by atoms with Crippen LogP contribution >= 0.6 is 35.0 Å². The number of likely N-dealkylation sites (N-methyl/N-ethyl adjacent to an activating group) is 1. The number of halogens is 2. The molecule has 32 heavy (non-hydrogen) atoms. The molecule has 0 radical (unpaired) electrons. The number of amides is 2. The molecule has 0 bridgehead atoms. The van der Waals surface area contributed by atoms with Gasteiger partial charge in [-0.3, -0.25) is 9.59 Å². The van der Waals surface area contributed by atoms with E-state index in [4.69, 9.17) is 23.2 Å². The summed E-state index contributed by atoms with van der Waals surface area (Å²) in [7, 11) is 0. The first-order valence-corrected chi connectivity index (χ1v) is 11.3. The van der Waals surface area contributed by atoms with Crippen LogP contribution in [-0.2, 0) is 4.79 Å². The van der Waals surface area contributed by atoms with Gasteiger partial charge in [-0.25, -0.2) is 0 Å². The number of benzene rings is 3. The number of nitriles is 1. The highest BCUT2D eigenvalue weighted by Gasteiger charge is 2.21. The molecule has 8 heteroatoms. The van der Waals surface area contributed by atoms with Gasteiger partial charge in [-0.2, -0.15) is 5.26 Å². The van der Waals surface area contributed by atoms with Crippen LogP contribution in [0.4, 0.5) is 5.69 Å². The predicted molar refractivity (Wildman–Crippen MR) is 128 cm³/mol. The van der Waals surface area contributed by atoms with E-state index >= 15 is 0 Å². The molecule has 3 aromatic carbocycles. The molecule has 0 spiro atoms. The molecule has 2 amide bonds. The van der Waals surface area contributed by atoms with Crippen LogP contribution in [0.5, 0.6) is 0 Å². The fraction of sp³-hybridized carbons (Fsp3) is 0.125. The van der Waals surface area contributed by atoms with Crippen molar-refractivity contribution in [1.29, 1.82) is 5.26 Å². The molecule has 3 aromatic rings. The summed E-state index contributed by atoms with van der Waals surface area (Å²) >= 11 is 13.6. The molecular weight excluding hydrogens is 465 g/mol. The first kappa shape index (κ1) is 23.7. The average Bonchev–Trinajstić information content (AvgIpc) is 2.80. The molecule has 0 saturated heterocycles. The van der Waals surface area contributed by atoms with Crippen molar-refractivity contribution in [2.24, 2.45) is 0 Å². The Bertz CT molecular complexity index is 1170.